The highest BCUT2D eigenvalue weighted by Crippen LogP contribution is 2.34. The molecule has 5 rings (SSSR count). The van der Waals surface area contributed by atoms with E-state index in [1.54, 1.807) is 11.3 Å². The molecule has 3 aliphatic heterocycles. The van der Waals surface area contributed by atoms with Crippen LogP contribution in [0.15, 0.2) is 59.0 Å². The van der Waals surface area contributed by atoms with Gasteiger partial charge in [0.05, 0.1) is 15.5 Å². The molecule has 32 heavy (non-hydrogen) atoms. The Morgan fingerprint density at radius 1 is 1.25 bits per heavy atom. The molecule has 8 heteroatoms. The first-order chi connectivity index (χ1) is 15.5. The van der Waals surface area contributed by atoms with Gasteiger partial charge in [-0.2, -0.15) is 10.1 Å². The number of fused-ring (bicyclic) bond motifs is 1. The molecule has 0 spiro atoms. The third kappa shape index (κ3) is 4.00. The topological polar surface area (TPSA) is 54.7 Å². The quantitative estimate of drug-likeness (QED) is 0.488. The van der Waals surface area contributed by atoms with Crippen LogP contribution < -0.4 is 4.90 Å². The monoisotopic (exact) mass is 451 g/mol. The van der Waals surface area contributed by atoms with E-state index in [1.807, 2.05) is 60.2 Å². The predicted octanol–water partition coefficient (Wildman–Crippen LogP) is 4.96. The summed E-state index contributed by atoms with van der Waals surface area (Å²) in [6.45, 7) is 4.67. The summed E-state index contributed by atoms with van der Waals surface area (Å²) in [5.41, 5.74) is 3.26. The van der Waals surface area contributed by atoms with E-state index < -0.39 is 0 Å². The van der Waals surface area contributed by atoms with Crippen molar-refractivity contribution >= 4 is 23.1 Å². The average molecular weight is 452 g/mol. The Hall–Kier alpha value is -2.84. The minimum atomic E-state index is -0.00659. The molecule has 1 fully saturated rings. The summed E-state index contributed by atoms with van der Waals surface area (Å²) >= 11 is 1.56. The minimum Gasteiger partial charge on any atom is -0.334 e. The normalized spacial score (nSPS) is 21.2. The molecule has 1 saturated heterocycles. The van der Waals surface area contributed by atoms with Crippen LogP contribution in [0.1, 0.15) is 48.1 Å². The minimum absolute atomic E-state index is 0.00659. The summed E-state index contributed by atoms with van der Waals surface area (Å²) in [5, 5.41) is 1.56. The standard InChI is InChI=1S/C24H26FN5OS/c1-16-13-29(25)15-28-14-19(27-23(16)28)12-20-10-6-7-11-30(20)24(31)21-22(32-17(2)26-21)18-8-4-3-5-9-18/h3-5,8-9,13-14,20H,6-7,10-12,15H2,1-2H3/q+1/t20-/m0/s1. The molecule has 4 heterocycles. The highest BCUT2D eigenvalue weighted by Gasteiger charge is 2.38. The summed E-state index contributed by atoms with van der Waals surface area (Å²) < 4.78 is 13.8. The SMILES string of the molecule is CC1=CN(F)C[N+]2C=C(C[C@@H]3CCCCN3C(=O)c3nc(C)sc3-c3ccccc3)N=C12. The highest BCUT2D eigenvalue weighted by atomic mass is 32.1. The van der Waals surface area contributed by atoms with Crippen molar-refractivity contribution in [2.24, 2.45) is 4.99 Å². The zero-order valence-corrected chi connectivity index (χ0v) is 19.1. The third-order valence-electron chi connectivity index (χ3n) is 6.11. The van der Waals surface area contributed by atoms with Crippen molar-refractivity contribution in [2.75, 3.05) is 13.2 Å². The lowest BCUT2D eigenvalue weighted by Crippen LogP contribution is -2.44. The van der Waals surface area contributed by atoms with Gasteiger partial charge in [0, 0.05) is 25.2 Å². The van der Waals surface area contributed by atoms with Gasteiger partial charge < -0.3 is 4.90 Å². The fraction of sp³-hybridized carbons (Fsp3) is 0.375. The van der Waals surface area contributed by atoms with Crippen LogP contribution in [0.4, 0.5) is 4.48 Å². The zero-order valence-electron chi connectivity index (χ0n) is 18.3. The van der Waals surface area contributed by atoms with Crippen LogP contribution in [-0.4, -0.2) is 46.0 Å². The van der Waals surface area contributed by atoms with Crippen LogP contribution in [0.3, 0.4) is 0 Å². The van der Waals surface area contributed by atoms with Gasteiger partial charge in [-0.05, 0) is 38.7 Å². The zero-order chi connectivity index (χ0) is 22.2. The number of amides is 1. The second-order valence-electron chi connectivity index (χ2n) is 8.51. The number of aliphatic imine (C=N–C) groups is 1. The first kappa shape index (κ1) is 21.0. The van der Waals surface area contributed by atoms with Gasteiger partial charge >= 0.3 is 0 Å². The van der Waals surface area contributed by atoms with E-state index >= 15 is 0 Å². The molecule has 1 radical (unpaired) electrons. The number of benzene rings is 1. The number of thiazole rings is 1. The molecule has 3 aliphatic rings. The Morgan fingerprint density at radius 2 is 2.06 bits per heavy atom. The van der Waals surface area contributed by atoms with Gasteiger partial charge in [0.25, 0.3) is 11.7 Å². The van der Waals surface area contributed by atoms with Crippen molar-refractivity contribution in [3.8, 4) is 10.4 Å². The van der Waals surface area contributed by atoms with Gasteiger partial charge in [0.1, 0.15) is 11.4 Å². The number of hydrogen-bond acceptors (Lipinski definition) is 6. The van der Waals surface area contributed by atoms with E-state index in [4.69, 9.17) is 4.99 Å². The maximum absolute atomic E-state index is 13.8. The van der Waals surface area contributed by atoms with E-state index in [-0.39, 0.29) is 18.6 Å². The van der Waals surface area contributed by atoms with Gasteiger partial charge in [0.15, 0.2) is 6.20 Å². The number of amidine groups is 1. The number of rotatable bonds is 4. The molecule has 1 amide bonds. The highest BCUT2D eigenvalue weighted by molar-refractivity contribution is 7.15. The largest absolute Gasteiger partial charge is 0.334 e. The van der Waals surface area contributed by atoms with E-state index in [2.05, 4.69) is 4.98 Å². The average Bonchev–Trinajstić information content (AvgIpc) is 3.37. The molecule has 1 atom stereocenters. The number of aryl methyl sites for hydroxylation is 1. The first-order valence-corrected chi connectivity index (χ1v) is 11.8. The first-order valence-electron chi connectivity index (χ1n) is 11.0. The van der Waals surface area contributed by atoms with Crippen molar-refractivity contribution in [3.63, 3.8) is 0 Å². The molecule has 0 N–H and O–H groups in total. The van der Waals surface area contributed by atoms with Crippen molar-refractivity contribution < 1.29 is 9.28 Å². The molecule has 0 bridgehead atoms. The van der Waals surface area contributed by atoms with Crippen molar-refractivity contribution in [2.45, 2.75) is 45.6 Å². The molecule has 6 nitrogen and oxygen atoms in total. The van der Waals surface area contributed by atoms with Gasteiger partial charge in [-0.3, -0.25) is 4.79 Å². The maximum Gasteiger partial charge on any atom is 0.288 e. The van der Waals surface area contributed by atoms with Crippen molar-refractivity contribution in [1.29, 1.82) is 0 Å². The fourth-order valence-corrected chi connectivity index (χ4v) is 5.58. The fourth-order valence-electron chi connectivity index (χ4n) is 4.66. The number of halogens is 1. The van der Waals surface area contributed by atoms with Crippen LogP contribution in [0, 0.1) is 6.92 Å². The van der Waals surface area contributed by atoms with Crippen LogP contribution in [0.5, 0.6) is 0 Å². The van der Waals surface area contributed by atoms with E-state index in [1.165, 1.54) is 6.20 Å². The molecule has 0 saturated carbocycles. The summed E-state index contributed by atoms with van der Waals surface area (Å²) in [4.78, 5) is 27.8. The smallest absolute Gasteiger partial charge is 0.288 e. The Morgan fingerprint density at radius 3 is 2.88 bits per heavy atom. The number of hydrogen-bond donors (Lipinski definition) is 0. The van der Waals surface area contributed by atoms with Gasteiger partial charge in [-0.15, -0.1) is 11.3 Å². The molecule has 1 aromatic heterocycles. The van der Waals surface area contributed by atoms with E-state index in [9.17, 15) is 9.28 Å². The summed E-state index contributed by atoms with van der Waals surface area (Å²) in [6.07, 6.45) is 7.05. The van der Waals surface area contributed by atoms with Crippen LogP contribution in [0.2, 0.25) is 0 Å². The number of carbonyl (C=O) groups is 1. The molecule has 1 aromatic carbocycles. The predicted molar refractivity (Wildman–Crippen MR) is 125 cm³/mol. The van der Waals surface area contributed by atoms with Gasteiger partial charge in [-0.1, -0.05) is 39.7 Å². The second kappa shape index (κ2) is 8.60. The molecular formula is C24H26FN5OS+. The van der Waals surface area contributed by atoms with Crippen LogP contribution in [-0.2, 0) is 0 Å². The summed E-state index contributed by atoms with van der Waals surface area (Å²) in [6, 6.07) is 10.1. The number of likely N-dealkylation sites (tertiary alicyclic amines) is 1. The van der Waals surface area contributed by atoms with Crippen molar-refractivity contribution in [1.82, 2.24) is 19.9 Å². The van der Waals surface area contributed by atoms with E-state index in [0.717, 1.165) is 58.4 Å². The maximum atomic E-state index is 13.8. The van der Waals surface area contributed by atoms with Crippen molar-refractivity contribution in [3.05, 3.63) is 64.7 Å². The van der Waals surface area contributed by atoms with Gasteiger partial charge in [0.2, 0.25) is 6.67 Å². The molecule has 165 valence electrons. The molecular weight excluding hydrogens is 425 g/mol. The summed E-state index contributed by atoms with van der Waals surface area (Å²) in [5.74, 6) is 0.789. The lowest BCUT2D eigenvalue weighted by molar-refractivity contribution is 0.0608. The third-order valence-corrected chi connectivity index (χ3v) is 7.13. The number of carbonyl (C=O) groups excluding carboxylic acids is 1. The molecule has 2 aromatic rings. The molecule has 0 aliphatic carbocycles. The Labute approximate surface area is 191 Å². The second-order valence-corrected chi connectivity index (χ2v) is 9.71. The Kier molecular flexibility index (Phi) is 5.65. The lowest BCUT2D eigenvalue weighted by Gasteiger charge is -2.35. The summed E-state index contributed by atoms with van der Waals surface area (Å²) in [7, 11) is 0. The number of nitrogens with zero attached hydrogens (tertiary/aromatic N) is 5. The Bertz CT molecular complexity index is 1120. The van der Waals surface area contributed by atoms with Gasteiger partial charge in [-0.25, -0.2) is 4.98 Å². The lowest BCUT2D eigenvalue weighted by atomic mass is 9.97. The van der Waals surface area contributed by atoms with Crippen LogP contribution in [0.25, 0.3) is 10.4 Å². The Balaban J connectivity index is 1.39. The van der Waals surface area contributed by atoms with Crippen LogP contribution >= 0.6 is 11.3 Å². The molecule has 0 unspecified atom stereocenters. The number of piperidine rings is 1. The van der Waals surface area contributed by atoms with E-state index in [0.29, 0.717) is 17.2 Å². The number of aromatic nitrogens is 1.